The van der Waals surface area contributed by atoms with Crippen LogP contribution < -0.4 is 0 Å². The lowest BCUT2D eigenvalue weighted by Crippen LogP contribution is -2.30. The van der Waals surface area contributed by atoms with Crippen LogP contribution in [0.15, 0.2) is 16.4 Å². The Balaban J connectivity index is 2.71. The molecular weight excluding hydrogens is 209 g/mol. The second-order valence-electron chi connectivity index (χ2n) is 4.33. The summed E-state index contributed by atoms with van der Waals surface area (Å²) in [6.45, 7) is 7.61. The molecule has 84 valence electrons. The Labute approximate surface area is 92.5 Å². The predicted octanol–water partition coefficient (Wildman–Crippen LogP) is 2.30. The zero-order valence-electron chi connectivity index (χ0n) is 9.66. The molecule has 0 aliphatic carbocycles. The van der Waals surface area contributed by atoms with Crippen molar-refractivity contribution >= 4 is 19.9 Å². The molecule has 0 spiro atoms. The SMILES string of the molecule is CCC(=O)N=C1C=C(C(C)(C)[C@H](C)O)P1. The Morgan fingerprint density at radius 2 is 2.20 bits per heavy atom. The molecule has 1 aliphatic heterocycles. The molecule has 4 heteroatoms. The van der Waals surface area contributed by atoms with Gasteiger partial charge >= 0.3 is 0 Å². The van der Waals surface area contributed by atoms with Gasteiger partial charge in [-0.25, -0.2) is 4.99 Å². The van der Waals surface area contributed by atoms with E-state index in [1.165, 1.54) is 5.31 Å². The minimum atomic E-state index is -0.375. The first-order valence-electron chi connectivity index (χ1n) is 5.16. The lowest BCUT2D eigenvalue weighted by Gasteiger charge is -2.35. The third-order valence-electron chi connectivity index (χ3n) is 2.83. The number of allylic oxidation sites excluding steroid dienone is 1. The maximum Gasteiger partial charge on any atom is 0.245 e. The molecule has 0 aromatic heterocycles. The van der Waals surface area contributed by atoms with Gasteiger partial charge in [0.15, 0.2) is 0 Å². The van der Waals surface area contributed by atoms with Gasteiger partial charge in [-0.1, -0.05) is 20.8 Å². The summed E-state index contributed by atoms with van der Waals surface area (Å²) in [5, 5.41) is 10.8. The van der Waals surface area contributed by atoms with Crippen molar-refractivity contribution in [2.75, 3.05) is 0 Å². The number of aliphatic hydroxyl groups excluding tert-OH is 1. The number of aliphatic hydroxyl groups is 1. The number of hydrogen-bond acceptors (Lipinski definition) is 2. The highest BCUT2D eigenvalue weighted by molar-refractivity contribution is 7.66. The van der Waals surface area contributed by atoms with Gasteiger partial charge in [-0.3, -0.25) is 4.79 Å². The van der Waals surface area contributed by atoms with Gasteiger partial charge in [0, 0.05) is 11.8 Å². The second-order valence-corrected chi connectivity index (χ2v) is 5.63. The molecule has 0 fully saturated rings. The van der Waals surface area contributed by atoms with Crippen LogP contribution in [0.1, 0.15) is 34.1 Å². The fourth-order valence-corrected chi connectivity index (χ4v) is 2.30. The van der Waals surface area contributed by atoms with Crippen LogP contribution in [0.5, 0.6) is 0 Å². The van der Waals surface area contributed by atoms with E-state index in [2.05, 4.69) is 4.99 Å². The Bertz CT molecular complexity index is 329. The van der Waals surface area contributed by atoms with E-state index in [4.69, 9.17) is 0 Å². The average Bonchev–Trinajstić information content (AvgIpc) is 2.09. The summed E-state index contributed by atoms with van der Waals surface area (Å²) in [6.07, 6.45) is 2.01. The van der Waals surface area contributed by atoms with Crippen LogP contribution in [0, 0.1) is 5.41 Å². The number of carbonyl (C=O) groups is 1. The summed E-state index contributed by atoms with van der Waals surface area (Å²) in [5.41, 5.74) is 0.665. The van der Waals surface area contributed by atoms with Gasteiger partial charge in [0.25, 0.3) is 0 Å². The third-order valence-corrected chi connectivity index (χ3v) is 4.40. The highest BCUT2D eigenvalue weighted by Crippen LogP contribution is 2.49. The van der Waals surface area contributed by atoms with Gasteiger partial charge in [-0.2, -0.15) is 0 Å². The highest BCUT2D eigenvalue weighted by Gasteiger charge is 2.33. The lowest BCUT2D eigenvalue weighted by atomic mass is 9.86. The normalized spacial score (nSPS) is 22.5. The molecule has 0 saturated heterocycles. The van der Waals surface area contributed by atoms with E-state index in [1.807, 2.05) is 19.9 Å². The summed E-state index contributed by atoms with van der Waals surface area (Å²) < 4.78 is 0. The van der Waals surface area contributed by atoms with Crippen LogP contribution in [0.25, 0.3) is 0 Å². The van der Waals surface area contributed by atoms with Crippen molar-refractivity contribution < 1.29 is 9.90 Å². The van der Waals surface area contributed by atoms with Crippen molar-refractivity contribution in [3.8, 4) is 0 Å². The van der Waals surface area contributed by atoms with Gasteiger partial charge in [0.1, 0.15) is 0 Å². The van der Waals surface area contributed by atoms with Crippen LogP contribution in [0.2, 0.25) is 0 Å². The number of rotatable bonds is 3. The Hall–Kier alpha value is -0.530. The summed E-state index contributed by atoms with van der Waals surface area (Å²) >= 11 is 0. The molecule has 0 aromatic carbocycles. The molecule has 2 atom stereocenters. The van der Waals surface area contributed by atoms with Crippen LogP contribution in [-0.4, -0.2) is 22.6 Å². The largest absolute Gasteiger partial charge is 0.393 e. The number of aliphatic imine (C=N–C) groups is 1. The fourth-order valence-electron chi connectivity index (χ4n) is 1.11. The van der Waals surface area contributed by atoms with Gasteiger partial charge in [0.2, 0.25) is 5.91 Å². The van der Waals surface area contributed by atoms with Crippen molar-refractivity contribution in [3.05, 3.63) is 11.4 Å². The quantitative estimate of drug-likeness (QED) is 0.752. The number of nitrogens with zero attached hydrogens (tertiary/aromatic N) is 1. The molecule has 1 aliphatic rings. The Morgan fingerprint density at radius 1 is 1.67 bits per heavy atom. The molecule has 1 amide bonds. The van der Waals surface area contributed by atoms with Crippen molar-refractivity contribution in [1.82, 2.24) is 0 Å². The molecular formula is C11H18NO2P. The molecule has 3 nitrogen and oxygen atoms in total. The Kier molecular flexibility index (Phi) is 3.80. The van der Waals surface area contributed by atoms with Gasteiger partial charge in [-0.15, -0.1) is 0 Å². The molecule has 15 heavy (non-hydrogen) atoms. The van der Waals surface area contributed by atoms with Crippen LogP contribution in [0.3, 0.4) is 0 Å². The number of hydrogen-bond donors (Lipinski definition) is 1. The van der Waals surface area contributed by atoms with E-state index in [0.717, 1.165) is 5.45 Å². The van der Waals surface area contributed by atoms with E-state index in [-0.39, 0.29) is 17.4 Å². The first-order valence-corrected chi connectivity index (χ1v) is 6.16. The molecule has 0 radical (unpaired) electrons. The minimum Gasteiger partial charge on any atom is -0.393 e. The van der Waals surface area contributed by atoms with E-state index >= 15 is 0 Å². The molecule has 1 rings (SSSR count). The lowest BCUT2D eigenvalue weighted by molar-refractivity contribution is -0.117. The first-order chi connectivity index (χ1) is 6.87. The van der Waals surface area contributed by atoms with Gasteiger partial charge in [-0.05, 0) is 26.9 Å². The second kappa shape index (κ2) is 4.54. The zero-order chi connectivity index (χ0) is 11.6. The van der Waals surface area contributed by atoms with Crippen LogP contribution in [-0.2, 0) is 4.79 Å². The standard InChI is InChI=1S/C11H18NO2P/c1-5-9(14)12-10-6-8(15-10)11(3,4)7(2)13/h6-7,13,15H,5H2,1-4H3/t7-/m0/s1. The summed E-state index contributed by atoms with van der Waals surface area (Å²) in [4.78, 5) is 15.0. The molecule has 0 aromatic rings. The molecule has 1 unspecified atom stereocenters. The maximum absolute atomic E-state index is 11.0. The van der Waals surface area contributed by atoms with Crippen molar-refractivity contribution in [2.45, 2.75) is 40.2 Å². The van der Waals surface area contributed by atoms with E-state index in [1.54, 1.807) is 13.8 Å². The van der Waals surface area contributed by atoms with E-state index in [0.29, 0.717) is 15.0 Å². The third kappa shape index (κ3) is 2.73. The number of carbonyl (C=O) groups excluding carboxylic acids is 1. The van der Waals surface area contributed by atoms with E-state index in [9.17, 15) is 9.90 Å². The smallest absolute Gasteiger partial charge is 0.245 e. The zero-order valence-corrected chi connectivity index (χ0v) is 10.7. The summed E-state index contributed by atoms with van der Waals surface area (Å²) in [5.74, 6) is -0.0670. The van der Waals surface area contributed by atoms with Crippen molar-refractivity contribution in [1.29, 1.82) is 0 Å². The fraction of sp³-hybridized carbons (Fsp3) is 0.636. The van der Waals surface area contributed by atoms with Crippen molar-refractivity contribution in [2.24, 2.45) is 10.4 Å². The predicted molar refractivity (Wildman–Crippen MR) is 64.6 cm³/mol. The molecule has 1 heterocycles. The molecule has 1 N–H and O–H groups in total. The summed E-state index contributed by atoms with van der Waals surface area (Å²) in [7, 11) is 0.473. The van der Waals surface area contributed by atoms with Gasteiger partial charge in [0.05, 0.1) is 11.6 Å². The first kappa shape index (κ1) is 12.5. The molecule has 0 saturated carbocycles. The van der Waals surface area contributed by atoms with Crippen molar-refractivity contribution in [3.63, 3.8) is 0 Å². The monoisotopic (exact) mass is 227 g/mol. The average molecular weight is 227 g/mol. The number of amides is 1. The molecule has 0 bridgehead atoms. The maximum atomic E-state index is 11.0. The topological polar surface area (TPSA) is 49.7 Å². The van der Waals surface area contributed by atoms with Crippen LogP contribution >= 0.6 is 8.58 Å². The van der Waals surface area contributed by atoms with Crippen LogP contribution in [0.4, 0.5) is 0 Å². The van der Waals surface area contributed by atoms with Gasteiger partial charge < -0.3 is 5.11 Å². The minimum absolute atomic E-state index is 0.0670. The highest BCUT2D eigenvalue weighted by atomic mass is 31.1. The summed E-state index contributed by atoms with van der Waals surface area (Å²) in [6, 6.07) is 0. The van der Waals surface area contributed by atoms with E-state index < -0.39 is 0 Å². The Morgan fingerprint density at radius 3 is 2.60 bits per heavy atom.